The van der Waals surface area contributed by atoms with E-state index in [-0.39, 0.29) is 24.3 Å². The molecule has 7 heteroatoms. The number of rotatable bonds is 5. The summed E-state index contributed by atoms with van der Waals surface area (Å²) in [6, 6.07) is 10.1. The van der Waals surface area contributed by atoms with Crippen LogP contribution in [-0.2, 0) is 16.1 Å². The van der Waals surface area contributed by atoms with Crippen LogP contribution in [0, 0.1) is 0 Å². The molecular weight excluding hydrogens is 372 g/mol. The monoisotopic (exact) mass is 394 g/mol. The molecule has 0 aliphatic carbocycles. The van der Waals surface area contributed by atoms with Crippen molar-refractivity contribution in [1.82, 2.24) is 0 Å². The minimum atomic E-state index is -0.513. The Balaban J connectivity index is 1.52. The van der Waals surface area contributed by atoms with Gasteiger partial charge in [0.1, 0.15) is 18.4 Å². The van der Waals surface area contributed by atoms with Crippen molar-refractivity contribution in [2.75, 3.05) is 23.9 Å². The lowest BCUT2D eigenvalue weighted by Crippen LogP contribution is -2.43. The lowest BCUT2D eigenvalue weighted by molar-refractivity contribution is -0.117. The van der Waals surface area contributed by atoms with Crippen LogP contribution in [0.5, 0.6) is 5.75 Å². The first-order chi connectivity index (χ1) is 14.0. The third kappa shape index (κ3) is 3.55. The minimum absolute atomic E-state index is 0.0270. The average molecular weight is 394 g/mol. The van der Waals surface area contributed by atoms with Crippen molar-refractivity contribution in [3.8, 4) is 5.75 Å². The average Bonchev–Trinajstić information content (AvgIpc) is 3.22. The molecule has 0 aromatic heterocycles. The topological polar surface area (TPSA) is 84.9 Å². The number of methoxy groups -OCH3 is 1. The molecule has 29 heavy (non-hydrogen) atoms. The summed E-state index contributed by atoms with van der Waals surface area (Å²) in [6.07, 6.45) is 1.82. The number of carbonyl (C=O) groups excluding carboxylic acids is 3. The number of Topliss-reactive ketones (excluding diaryl/α,β-unsaturated/α-hetero) is 1. The van der Waals surface area contributed by atoms with E-state index >= 15 is 0 Å². The van der Waals surface area contributed by atoms with Crippen molar-refractivity contribution in [3.63, 3.8) is 0 Å². The van der Waals surface area contributed by atoms with Crippen LogP contribution in [-0.4, -0.2) is 37.4 Å². The van der Waals surface area contributed by atoms with Crippen molar-refractivity contribution in [3.05, 3.63) is 53.1 Å². The van der Waals surface area contributed by atoms with Crippen molar-refractivity contribution in [2.45, 2.75) is 32.4 Å². The molecule has 7 nitrogen and oxygen atoms in total. The Morgan fingerprint density at radius 1 is 1.17 bits per heavy atom. The molecule has 2 heterocycles. The van der Waals surface area contributed by atoms with E-state index in [9.17, 15) is 14.4 Å². The van der Waals surface area contributed by atoms with Gasteiger partial charge in [-0.2, -0.15) is 0 Å². The van der Waals surface area contributed by atoms with E-state index in [0.29, 0.717) is 28.1 Å². The number of esters is 1. The molecule has 2 aromatic rings. The molecule has 4 rings (SSSR count). The van der Waals surface area contributed by atoms with Crippen LogP contribution in [0.15, 0.2) is 36.4 Å². The third-order valence-corrected chi connectivity index (χ3v) is 5.40. The largest absolute Gasteiger partial charge is 0.496 e. The van der Waals surface area contributed by atoms with E-state index in [4.69, 9.17) is 9.47 Å². The zero-order valence-corrected chi connectivity index (χ0v) is 16.4. The van der Waals surface area contributed by atoms with Gasteiger partial charge in [-0.05, 0) is 56.2 Å². The molecule has 1 saturated heterocycles. The maximum Gasteiger partial charge on any atom is 0.338 e. The Morgan fingerprint density at radius 3 is 2.72 bits per heavy atom. The Hall–Kier alpha value is -3.35. The molecule has 1 fully saturated rings. The van der Waals surface area contributed by atoms with Crippen LogP contribution >= 0.6 is 0 Å². The van der Waals surface area contributed by atoms with E-state index in [1.807, 2.05) is 6.07 Å². The highest BCUT2D eigenvalue weighted by Gasteiger charge is 2.36. The summed E-state index contributed by atoms with van der Waals surface area (Å²) >= 11 is 0. The number of ether oxygens (including phenoxy) is 2. The second-order valence-corrected chi connectivity index (χ2v) is 7.23. The number of hydrogen-bond donors (Lipinski definition) is 1. The van der Waals surface area contributed by atoms with Gasteiger partial charge in [0.15, 0.2) is 5.78 Å². The van der Waals surface area contributed by atoms with E-state index in [2.05, 4.69) is 10.2 Å². The van der Waals surface area contributed by atoms with Crippen LogP contribution in [0.25, 0.3) is 0 Å². The number of anilines is 2. The van der Waals surface area contributed by atoms with Gasteiger partial charge >= 0.3 is 5.97 Å². The summed E-state index contributed by atoms with van der Waals surface area (Å²) in [5.41, 5.74) is 3.04. The Bertz CT molecular complexity index is 1000. The molecule has 0 spiro atoms. The molecule has 0 saturated carbocycles. The molecule has 0 unspecified atom stereocenters. The van der Waals surface area contributed by atoms with Crippen LogP contribution < -0.4 is 15.0 Å². The first kappa shape index (κ1) is 19.0. The summed E-state index contributed by atoms with van der Waals surface area (Å²) in [5, 5.41) is 2.89. The second-order valence-electron chi connectivity index (χ2n) is 7.23. The SMILES string of the molecule is COc1ccc(C(C)=O)cc1COC(=O)c1ccc2c(c1)NC(=O)[C@H]1CCCN21. The summed E-state index contributed by atoms with van der Waals surface area (Å²) in [4.78, 5) is 38.5. The van der Waals surface area contributed by atoms with Gasteiger partial charge in [0.05, 0.1) is 24.0 Å². The molecule has 2 aliphatic heterocycles. The number of amides is 1. The number of hydrogen-bond acceptors (Lipinski definition) is 6. The first-order valence-electron chi connectivity index (χ1n) is 9.54. The fourth-order valence-electron chi connectivity index (χ4n) is 3.89. The second kappa shape index (κ2) is 7.58. The van der Waals surface area contributed by atoms with Crippen LogP contribution in [0.1, 0.15) is 46.0 Å². The fourth-order valence-corrected chi connectivity index (χ4v) is 3.89. The zero-order chi connectivity index (χ0) is 20.5. The molecule has 150 valence electrons. The van der Waals surface area contributed by atoms with Gasteiger partial charge in [0.2, 0.25) is 5.91 Å². The van der Waals surface area contributed by atoms with Gasteiger partial charge in [-0.15, -0.1) is 0 Å². The van der Waals surface area contributed by atoms with Gasteiger partial charge in [-0.1, -0.05) is 0 Å². The highest BCUT2D eigenvalue weighted by atomic mass is 16.5. The number of ketones is 1. The predicted octanol–water partition coefficient (Wildman–Crippen LogP) is 3.18. The molecule has 2 aromatic carbocycles. The van der Waals surface area contributed by atoms with Gasteiger partial charge in [0.25, 0.3) is 0 Å². The number of benzene rings is 2. The van der Waals surface area contributed by atoms with Gasteiger partial charge in [-0.25, -0.2) is 4.79 Å². The maximum absolute atomic E-state index is 12.6. The third-order valence-electron chi connectivity index (χ3n) is 5.40. The molecule has 0 bridgehead atoms. The maximum atomic E-state index is 12.6. The summed E-state index contributed by atoms with van der Waals surface area (Å²) in [6.45, 7) is 2.28. The summed E-state index contributed by atoms with van der Waals surface area (Å²) in [7, 11) is 1.52. The van der Waals surface area contributed by atoms with E-state index < -0.39 is 5.97 Å². The predicted molar refractivity (Wildman–Crippen MR) is 108 cm³/mol. The van der Waals surface area contributed by atoms with Crippen LogP contribution in [0.2, 0.25) is 0 Å². The first-order valence-corrected chi connectivity index (χ1v) is 9.54. The van der Waals surface area contributed by atoms with Crippen molar-refractivity contribution in [1.29, 1.82) is 0 Å². The lowest BCUT2D eigenvalue weighted by Gasteiger charge is -2.33. The van der Waals surface area contributed by atoms with E-state index in [1.54, 1.807) is 30.3 Å². The van der Waals surface area contributed by atoms with Crippen molar-refractivity contribution < 1.29 is 23.9 Å². The highest BCUT2D eigenvalue weighted by molar-refractivity contribution is 6.05. The van der Waals surface area contributed by atoms with Crippen molar-refractivity contribution in [2.24, 2.45) is 0 Å². The highest BCUT2D eigenvalue weighted by Crippen LogP contribution is 2.37. The normalized spacial score (nSPS) is 17.2. The summed E-state index contributed by atoms with van der Waals surface area (Å²) < 4.78 is 10.7. The number of carbonyl (C=O) groups is 3. The van der Waals surface area contributed by atoms with Gasteiger partial charge < -0.3 is 19.7 Å². The number of fused-ring (bicyclic) bond motifs is 3. The van der Waals surface area contributed by atoms with E-state index in [1.165, 1.54) is 14.0 Å². The Morgan fingerprint density at radius 2 is 1.97 bits per heavy atom. The number of nitrogens with zero attached hydrogens (tertiary/aromatic N) is 1. The van der Waals surface area contributed by atoms with E-state index in [0.717, 1.165) is 25.1 Å². The van der Waals surface area contributed by atoms with Crippen LogP contribution in [0.3, 0.4) is 0 Å². The van der Waals surface area contributed by atoms with Gasteiger partial charge in [0, 0.05) is 17.7 Å². The molecule has 1 amide bonds. The zero-order valence-electron chi connectivity index (χ0n) is 16.4. The Labute approximate surface area is 168 Å². The molecule has 1 N–H and O–H groups in total. The standard InChI is InChI=1S/C22H22N2O5/c1-13(25)14-6-8-20(28-2)16(10-14)12-29-22(27)15-5-7-18-17(11-15)23-21(26)19-4-3-9-24(18)19/h5-8,10-11,19H,3-4,9,12H2,1-2H3,(H,23,26)/t19-/m1/s1. The quantitative estimate of drug-likeness (QED) is 0.619. The number of nitrogens with one attached hydrogen (secondary N) is 1. The molecular formula is C22H22N2O5. The van der Waals surface area contributed by atoms with Gasteiger partial charge in [-0.3, -0.25) is 9.59 Å². The lowest BCUT2D eigenvalue weighted by atomic mass is 10.1. The molecule has 0 radical (unpaired) electrons. The Kier molecular flexibility index (Phi) is 4.96. The van der Waals surface area contributed by atoms with Crippen LogP contribution in [0.4, 0.5) is 11.4 Å². The smallest absolute Gasteiger partial charge is 0.338 e. The summed E-state index contributed by atoms with van der Waals surface area (Å²) in [5.74, 6) is -0.0846. The fraction of sp³-hybridized carbons (Fsp3) is 0.318. The minimum Gasteiger partial charge on any atom is -0.496 e. The molecule has 2 aliphatic rings. The molecule has 1 atom stereocenters. The van der Waals surface area contributed by atoms with Crippen molar-refractivity contribution >= 4 is 29.0 Å².